The van der Waals surface area contributed by atoms with Gasteiger partial charge in [0.1, 0.15) is 17.8 Å². The summed E-state index contributed by atoms with van der Waals surface area (Å²) in [4.78, 5) is 47.4. The lowest BCUT2D eigenvalue weighted by atomic mass is 9.71. The molecule has 1 N–H and O–H groups in total. The van der Waals surface area contributed by atoms with Crippen molar-refractivity contribution in [3.8, 4) is 0 Å². The second kappa shape index (κ2) is 10.2. The molecule has 0 radical (unpaired) electrons. The summed E-state index contributed by atoms with van der Waals surface area (Å²) < 4.78 is 28.9. The summed E-state index contributed by atoms with van der Waals surface area (Å²) in [6, 6.07) is 6.92. The third-order valence-corrected chi connectivity index (χ3v) is 10.4. The van der Waals surface area contributed by atoms with Crippen LogP contribution in [0.15, 0.2) is 35.1 Å². The maximum Gasteiger partial charge on any atom is 0.410 e. The molecule has 4 heterocycles. The second-order valence-corrected chi connectivity index (χ2v) is 14.5. The first-order valence-electron chi connectivity index (χ1n) is 16.3. The Hall–Kier alpha value is -4.06. The number of halogens is 1. The third kappa shape index (κ3) is 4.83. The molecule has 46 heavy (non-hydrogen) atoms. The number of alkyl halides is 1. The molecule has 2 saturated carbocycles. The lowest BCUT2D eigenvalue weighted by molar-refractivity contribution is -0.116. The van der Waals surface area contributed by atoms with Gasteiger partial charge < -0.3 is 24.3 Å². The lowest BCUT2D eigenvalue weighted by Gasteiger charge is -2.41. The number of benzene rings is 1. The largest absolute Gasteiger partial charge is 0.444 e. The SMILES string of the molecule is CC(C)(C)OC(=O)N1CCC2(CC1)c1c(n(CC(=O)Nc3ccc(C4(F)CC4)cc3)c3nc(C4=CCOCC4)nn3c1=O)[C@H]1C[C@H]12. The number of hydrogen-bond donors (Lipinski definition) is 1. The molecule has 0 bridgehead atoms. The van der Waals surface area contributed by atoms with Crippen LogP contribution >= 0.6 is 0 Å². The Balaban J connectivity index is 1.15. The Morgan fingerprint density at radius 2 is 1.87 bits per heavy atom. The molecule has 1 aromatic carbocycles. The van der Waals surface area contributed by atoms with E-state index >= 15 is 0 Å². The number of hydrogen-bond acceptors (Lipinski definition) is 7. The summed E-state index contributed by atoms with van der Waals surface area (Å²) >= 11 is 0. The van der Waals surface area contributed by atoms with Crippen LogP contribution in [0.1, 0.15) is 87.9 Å². The van der Waals surface area contributed by atoms with Crippen molar-refractivity contribution in [1.82, 2.24) is 24.1 Å². The summed E-state index contributed by atoms with van der Waals surface area (Å²) in [7, 11) is 0. The second-order valence-electron chi connectivity index (χ2n) is 14.5. The van der Waals surface area contributed by atoms with E-state index in [1.54, 1.807) is 29.2 Å². The van der Waals surface area contributed by atoms with Crippen LogP contribution in [0.5, 0.6) is 0 Å². The molecule has 2 aromatic heterocycles. The first-order chi connectivity index (χ1) is 22.0. The van der Waals surface area contributed by atoms with E-state index in [1.807, 2.05) is 31.4 Å². The number of carbonyl (C=O) groups excluding carboxylic acids is 2. The number of rotatable bonds is 5. The van der Waals surface area contributed by atoms with Crippen molar-refractivity contribution in [2.75, 3.05) is 31.6 Å². The van der Waals surface area contributed by atoms with E-state index in [9.17, 15) is 18.8 Å². The summed E-state index contributed by atoms with van der Waals surface area (Å²) in [5.41, 5.74) is 1.26. The fraction of sp³-hybridized carbons (Fsp3) is 0.559. The van der Waals surface area contributed by atoms with Gasteiger partial charge in [-0.3, -0.25) is 9.59 Å². The first kappa shape index (κ1) is 29.3. The summed E-state index contributed by atoms with van der Waals surface area (Å²) in [6.45, 7) is 7.49. The average Bonchev–Trinajstić information content (AvgIpc) is 3.92. The fourth-order valence-corrected chi connectivity index (χ4v) is 7.87. The van der Waals surface area contributed by atoms with Crippen LogP contribution < -0.4 is 10.9 Å². The number of fused-ring (bicyclic) bond motifs is 6. The van der Waals surface area contributed by atoms with E-state index in [4.69, 9.17) is 19.6 Å². The predicted molar refractivity (Wildman–Crippen MR) is 167 cm³/mol. The highest BCUT2D eigenvalue weighted by Crippen LogP contribution is 2.67. The number of piperidine rings is 1. The molecule has 0 unspecified atom stereocenters. The molecule has 2 amide bonds. The van der Waals surface area contributed by atoms with Crippen LogP contribution in [0, 0.1) is 5.92 Å². The third-order valence-electron chi connectivity index (χ3n) is 10.4. The standard InChI is InChI=1S/C34H39FN6O5/c1-32(2,3)46-31(44)39-14-12-33(13-15-39)24-18-23(24)27-26(33)29(43)41-30(37-28(38-41)20-8-16-45-17-9-20)40(27)19-25(42)36-22-6-4-21(5-7-22)34(35)10-11-34/h4-8,23-24H,9-19H2,1-3H3,(H,36,42)/t23-,24+/m0/s1. The molecule has 2 atom stereocenters. The summed E-state index contributed by atoms with van der Waals surface area (Å²) in [5, 5.41) is 7.66. The van der Waals surface area contributed by atoms with Gasteiger partial charge in [0.05, 0.1) is 13.2 Å². The van der Waals surface area contributed by atoms with Gasteiger partial charge in [0.2, 0.25) is 11.7 Å². The van der Waals surface area contributed by atoms with Gasteiger partial charge in [-0.25, -0.2) is 9.18 Å². The van der Waals surface area contributed by atoms with Crippen LogP contribution in [0.25, 0.3) is 11.4 Å². The Morgan fingerprint density at radius 3 is 2.52 bits per heavy atom. The Morgan fingerprint density at radius 1 is 1.13 bits per heavy atom. The van der Waals surface area contributed by atoms with Gasteiger partial charge in [-0.05, 0) is 88.5 Å². The van der Waals surface area contributed by atoms with Crippen LogP contribution in [0.2, 0.25) is 0 Å². The van der Waals surface area contributed by atoms with E-state index in [2.05, 4.69) is 5.32 Å². The van der Waals surface area contributed by atoms with Gasteiger partial charge in [-0.15, -0.1) is 5.10 Å². The van der Waals surface area contributed by atoms with Gasteiger partial charge in [0.25, 0.3) is 5.56 Å². The monoisotopic (exact) mass is 630 g/mol. The average molecular weight is 631 g/mol. The molecule has 2 aliphatic heterocycles. The van der Waals surface area contributed by atoms with Crippen LogP contribution in [0.3, 0.4) is 0 Å². The minimum absolute atomic E-state index is 0.0511. The summed E-state index contributed by atoms with van der Waals surface area (Å²) in [6.07, 6.45) is 5.49. The molecule has 3 aromatic rings. The topological polar surface area (TPSA) is 120 Å². The van der Waals surface area contributed by atoms with Gasteiger partial charge in [0.15, 0.2) is 5.82 Å². The van der Waals surface area contributed by atoms with Crippen LogP contribution in [-0.2, 0) is 31.9 Å². The first-order valence-corrected chi connectivity index (χ1v) is 16.3. The normalized spacial score (nSPS) is 23.9. The van der Waals surface area contributed by atoms with E-state index < -0.39 is 16.7 Å². The zero-order chi connectivity index (χ0) is 32.0. The van der Waals surface area contributed by atoms with E-state index in [1.165, 1.54) is 4.52 Å². The van der Waals surface area contributed by atoms with Crippen LogP contribution in [0.4, 0.5) is 14.9 Å². The van der Waals surface area contributed by atoms with Gasteiger partial charge in [-0.2, -0.15) is 9.50 Å². The fourth-order valence-electron chi connectivity index (χ4n) is 7.87. The molecule has 8 rings (SSSR count). The Labute approximate surface area is 265 Å². The van der Waals surface area contributed by atoms with Gasteiger partial charge in [0, 0.05) is 41.4 Å². The highest BCUT2D eigenvalue weighted by Gasteiger charge is 2.64. The smallest absolute Gasteiger partial charge is 0.410 e. The quantitative estimate of drug-likeness (QED) is 0.435. The predicted octanol–water partition coefficient (Wildman–Crippen LogP) is 4.68. The Bertz CT molecular complexity index is 1840. The molecule has 3 aliphatic carbocycles. The maximum atomic E-state index is 14.5. The van der Waals surface area contributed by atoms with Crippen molar-refractivity contribution in [3.05, 3.63) is 63.3 Å². The van der Waals surface area contributed by atoms with Gasteiger partial charge >= 0.3 is 6.09 Å². The molecule has 1 spiro atoms. The number of likely N-dealkylation sites (tertiary alicyclic amines) is 1. The van der Waals surface area contributed by atoms with E-state index in [-0.39, 0.29) is 35.9 Å². The van der Waals surface area contributed by atoms with Crippen molar-refractivity contribution in [3.63, 3.8) is 0 Å². The molecular formula is C34H39FN6O5. The van der Waals surface area contributed by atoms with Crippen molar-refractivity contribution in [1.29, 1.82) is 0 Å². The van der Waals surface area contributed by atoms with Crippen molar-refractivity contribution in [2.24, 2.45) is 5.92 Å². The highest BCUT2D eigenvalue weighted by atomic mass is 19.1. The number of anilines is 1. The number of amides is 2. The number of nitrogens with one attached hydrogen (secondary N) is 1. The molecular weight excluding hydrogens is 591 g/mol. The minimum atomic E-state index is -1.24. The number of aromatic nitrogens is 4. The number of ether oxygens (including phenoxy) is 2. The highest BCUT2D eigenvalue weighted by molar-refractivity contribution is 5.91. The van der Waals surface area contributed by atoms with Crippen molar-refractivity contribution >= 4 is 29.0 Å². The zero-order valence-corrected chi connectivity index (χ0v) is 26.5. The number of nitrogens with zero attached hydrogens (tertiary/aromatic N) is 5. The molecule has 242 valence electrons. The number of carbonyl (C=O) groups is 2. The maximum absolute atomic E-state index is 14.5. The van der Waals surface area contributed by atoms with E-state index in [0.29, 0.717) is 86.8 Å². The van der Waals surface area contributed by atoms with Crippen molar-refractivity contribution in [2.45, 2.75) is 88.4 Å². The van der Waals surface area contributed by atoms with Crippen LogP contribution in [-0.4, -0.2) is 68.0 Å². The molecule has 11 nitrogen and oxygen atoms in total. The molecule has 3 fully saturated rings. The Kier molecular flexibility index (Phi) is 6.52. The molecule has 5 aliphatic rings. The van der Waals surface area contributed by atoms with E-state index in [0.717, 1.165) is 17.7 Å². The van der Waals surface area contributed by atoms with Gasteiger partial charge in [-0.1, -0.05) is 18.2 Å². The zero-order valence-electron chi connectivity index (χ0n) is 26.5. The minimum Gasteiger partial charge on any atom is -0.444 e. The molecule has 1 saturated heterocycles. The molecule has 12 heteroatoms. The summed E-state index contributed by atoms with van der Waals surface area (Å²) in [5.74, 6) is 0.941. The lowest BCUT2D eigenvalue weighted by Crippen LogP contribution is -2.49. The van der Waals surface area contributed by atoms with Crippen molar-refractivity contribution < 1.29 is 23.5 Å².